The second kappa shape index (κ2) is 6.07. The third kappa shape index (κ3) is 3.04. The van der Waals surface area contributed by atoms with Crippen LogP contribution in [0.1, 0.15) is 21.2 Å². The summed E-state index contributed by atoms with van der Waals surface area (Å²) < 4.78 is 1.13. The van der Waals surface area contributed by atoms with Gasteiger partial charge in [-0.05, 0) is 19.1 Å². The monoisotopic (exact) mass is 314 g/mol. The van der Waals surface area contributed by atoms with Crippen molar-refractivity contribution in [2.75, 3.05) is 6.54 Å². The molecule has 0 atom stereocenters. The van der Waals surface area contributed by atoms with Crippen LogP contribution in [0.3, 0.4) is 0 Å². The van der Waals surface area contributed by atoms with E-state index in [0.717, 1.165) is 15.2 Å². The molecule has 0 saturated carbocycles. The van der Waals surface area contributed by atoms with E-state index in [1.807, 2.05) is 24.3 Å². The molecule has 0 aliphatic carbocycles. The van der Waals surface area contributed by atoms with Crippen LogP contribution in [0, 0.1) is 6.92 Å². The average molecular weight is 314 g/mol. The Bertz CT molecular complexity index is 851. The molecule has 22 heavy (non-hydrogen) atoms. The van der Waals surface area contributed by atoms with Crippen molar-refractivity contribution in [3.05, 3.63) is 57.2 Å². The Morgan fingerprint density at radius 1 is 1.36 bits per heavy atom. The lowest BCUT2D eigenvalue weighted by Gasteiger charge is -2.03. The van der Waals surface area contributed by atoms with Crippen LogP contribution >= 0.6 is 11.3 Å². The molecular formula is C15H14N4O2S. The minimum Gasteiger partial charge on any atom is -0.351 e. The number of rotatable bonds is 4. The number of amides is 1. The summed E-state index contributed by atoms with van der Waals surface area (Å²) in [5.41, 5.74) is 0.563. The van der Waals surface area contributed by atoms with Crippen LogP contribution in [0.15, 0.2) is 35.3 Å². The van der Waals surface area contributed by atoms with E-state index in [1.54, 1.807) is 18.3 Å². The summed E-state index contributed by atoms with van der Waals surface area (Å²) in [7, 11) is 0. The topological polar surface area (TPSA) is 87.7 Å². The Morgan fingerprint density at radius 2 is 2.18 bits per heavy atom. The molecule has 0 fully saturated rings. The molecule has 2 heterocycles. The summed E-state index contributed by atoms with van der Waals surface area (Å²) >= 11 is 1.61. The Balaban J connectivity index is 1.62. The van der Waals surface area contributed by atoms with Gasteiger partial charge in [0.1, 0.15) is 11.4 Å². The molecule has 0 spiro atoms. The average Bonchev–Trinajstić information content (AvgIpc) is 2.89. The highest BCUT2D eigenvalue weighted by molar-refractivity contribution is 7.18. The second-order valence-corrected chi connectivity index (χ2v) is 5.91. The first-order valence-corrected chi connectivity index (χ1v) is 7.64. The smallest absolute Gasteiger partial charge is 0.263 e. The molecule has 3 aromatic rings. The number of benzene rings is 1. The molecule has 1 amide bonds. The van der Waals surface area contributed by atoms with Crippen LogP contribution in [-0.2, 0) is 6.42 Å². The van der Waals surface area contributed by atoms with Crippen LogP contribution in [0.25, 0.3) is 10.2 Å². The Kier molecular flexibility index (Phi) is 3.97. The summed E-state index contributed by atoms with van der Waals surface area (Å²) in [6.07, 6.45) is 1.92. The number of fused-ring (bicyclic) bond motifs is 1. The van der Waals surface area contributed by atoms with Crippen molar-refractivity contribution in [2.45, 2.75) is 13.3 Å². The molecule has 0 saturated heterocycles. The van der Waals surface area contributed by atoms with Crippen molar-refractivity contribution in [2.24, 2.45) is 0 Å². The number of aromatic amines is 1. The van der Waals surface area contributed by atoms with Gasteiger partial charge in [0.15, 0.2) is 0 Å². The van der Waals surface area contributed by atoms with E-state index in [0.29, 0.717) is 18.8 Å². The van der Waals surface area contributed by atoms with Gasteiger partial charge in [0.2, 0.25) is 0 Å². The Hall–Kier alpha value is -2.54. The fourth-order valence-corrected chi connectivity index (χ4v) is 3.02. The summed E-state index contributed by atoms with van der Waals surface area (Å²) in [5, 5.41) is 3.68. The number of hydrogen-bond donors (Lipinski definition) is 2. The van der Waals surface area contributed by atoms with Crippen molar-refractivity contribution in [3.63, 3.8) is 0 Å². The number of H-pyrrole nitrogens is 1. The normalized spacial score (nSPS) is 10.8. The van der Waals surface area contributed by atoms with Crippen LogP contribution in [0.5, 0.6) is 0 Å². The first kappa shape index (κ1) is 14.4. The lowest BCUT2D eigenvalue weighted by atomic mass is 10.3. The van der Waals surface area contributed by atoms with Crippen molar-refractivity contribution in [3.8, 4) is 0 Å². The van der Waals surface area contributed by atoms with E-state index in [2.05, 4.69) is 20.3 Å². The molecule has 0 bridgehead atoms. The van der Waals surface area contributed by atoms with Crippen LogP contribution in [-0.4, -0.2) is 27.4 Å². The molecule has 0 aliphatic heterocycles. The number of nitrogens with zero attached hydrogens (tertiary/aromatic N) is 2. The number of carbonyl (C=O) groups excluding carboxylic acids is 1. The highest BCUT2D eigenvalue weighted by Gasteiger charge is 2.11. The van der Waals surface area contributed by atoms with Crippen LogP contribution in [0.2, 0.25) is 0 Å². The quantitative estimate of drug-likeness (QED) is 0.766. The molecule has 2 N–H and O–H groups in total. The summed E-state index contributed by atoms with van der Waals surface area (Å²) in [6, 6.07) is 7.91. The number of thiazole rings is 1. The molecule has 112 valence electrons. The number of carbonyl (C=O) groups is 1. The fourth-order valence-electron chi connectivity index (χ4n) is 2.05. The number of hydrogen-bond acceptors (Lipinski definition) is 5. The predicted molar refractivity (Wildman–Crippen MR) is 85.3 cm³/mol. The maximum atomic E-state index is 12.0. The van der Waals surface area contributed by atoms with E-state index in [1.165, 1.54) is 6.20 Å². The fraction of sp³-hybridized carbons (Fsp3) is 0.200. The van der Waals surface area contributed by atoms with Crippen LogP contribution in [0.4, 0.5) is 0 Å². The zero-order valence-corrected chi connectivity index (χ0v) is 12.7. The molecule has 2 aromatic heterocycles. The maximum Gasteiger partial charge on any atom is 0.263 e. The van der Waals surface area contributed by atoms with Gasteiger partial charge in [-0.25, -0.2) is 9.97 Å². The zero-order valence-electron chi connectivity index (χ0n) is 11.9. The molecule has 3 rings (SSSR count). The lowest BCUT2D eigenvalue weighted by Crippen LogP contribution is -2.31. The summed E-state index contributed by atoms with van der Waals surface area (Å²) in [6.45, 7) is 2.09. The van der Waals surface area contributed by atoms with Gasteiger partial charge in [-0.2, -0.15) is 0 Å². The largest absolute Gasteiger partial charge is 0.351 e. The SMILES string of the molecule is Cc1ncc(C(=O)NCCc2nc3ccccc3s2)c(=O)[nH]1. The molecule has 0 unspecified atom stereocenters. The highest BCUT2D eigenvalue weighted by Crippen LogP contribution is 2.21. The third-order valence-corrected chi connectivity index (χ3v) is 4.23. The molecule has 6 nitrogen and oxygen atoms in total. The van der Waals surface area contributed by atoms with E-state index in [9.17, 15) is 9.59 Å². The van der Waals surface area contributed by atoms with Crippen molar-refractivity contribution in [1.29, 1.82) is 0 Å². The predicted octanol–water partition coefficient (Wildman–Crippen LogP) is 1.66. The van der Waals surface area contributed by atoms with Crippen molar-refractivity contribution < 1.29 is 4.79 Å². The first-order valence-electron chi connectivity index (χ1n) is 6.82. The van der Waals surface area contributed by atoms with Crippen molar-refractivity contribution in [1.82, 2.24) is 20.3 Å². The Morgan fingerprint density at radius 3 is 2.95 bits per heavy atom. The first-order chi connectivity index (χ1) is 10.6. The van der Waals surface area contributed by atoms with Gasteiger partial charge in [0.05, 0.1) is 15.2 Å². The summed E-state index contributed by atoms with van der Waals surface area (Å²) in [5.74, 6) is 0.0610. The zero-order chi connectivity index (χ0) is 15.5. The van der Waals surface area contributed by atoms with Crippen molar-refractivity contribution >= 4 is 27.5 Å². The van der Waals surface area contributed by atoms with E-state index >= 15 is 0 Å². The number of aryl methyl sites for hydroxylation is 1. The standard InChI is InChI=1S/C15H14N4O2S/c1-9-17-8-10(15(21)18-9)14(20)16-7-6-13-19-11-4-2-3-5-12(11)22-13/h2-5,8H,6-7H2,1H3,(H,16,20)(H,17,18,21). The highest BCUT2D eigenvalue weighted by atomic mass is 32.1. The molecule has 7 heteroatoms. The van der Waals surface area contributed by atoms with Crippen LogP contribution < -0.4 is 10.9 Å². The minimum atomic E-state index is -0.426. The van der Waals surface area contributed by atoms with Gasteiger partial charge >= 0.3 is 0 Å². The minimum absolute atomic E-state index is 0.0231. The van der Waals surface area contributed by atoms with Gasteiger partial charge in [-0.1, -0.05) is 12.1 Å². The molecule has 0 aliphatic rings. The second-order valence-electron chi connectivity index (χ2n) is 4.79. The lowest BCUT2D eigenvalue weighted by molar-refractivity contribution is 0.0952. The number of para-hydroxylation sites is 1. The number of aromatic nitrogens is 3. The summed E-state index contributed by atoms with van der Waals surface area (Å²) in [4.78, 5) is 34.6. The van der Waals surface area contributed by atoms with Gasteiger partial charge < -0.3 is 10.3 Å². The van der Waals surface area contributed by atoms with E-state index < -0.39 is 11.5 Å². The molecule has 1 aromatic carbocycles. The Labute approximate surface area is 130 Å². The van der Waals surface area contributed by atoms with Gasteiger partial charge in [-0.3, -0.25) is 9.59 Å². The number of nitrogens with one attached hydrogen (secondary N) is 2. The third-order valence-electron chi connectivity index (χ3n) is 3.13. The molecule has 0 radical (unpaired) electrons. The van der Waals surface area contributed by atoms with E-state index in [4.69, 9.17) is 0 Å². The van der Waals surface area contributed by atoms with Gasteiger partial charge in [0.25, 0.3) is 11.5 Å². The maximum absolute atomic E-state index is 12.0. The van der Waals surface area contributed by atoms with Gasteiger partial charge in [-0.15, -0.1) is 11.3 Å². The van der Waals surface area contributed by atoms with E-state index in [-0.39, 0.29) is 5.56 Å². The molecular weight excluding hydrogens is 300 g/mol. The van der Waals surface area contributed by atoms with Gasteiger partial charge in [0, 0.05) is 19.2 Å².